The third-order valence-corrected chi connectivity index (χ3v) is 3.23. The standard InChI is InChI=1S/C15H22N2O4/c1-5-20-13(18)12-11(6-7-16-12)10-8-17(9-10)14(19)21-15(2,3)4/h6-7,10,16H,5,8-9H2,1-4H3. The maximum atomic E-state index is 11.9. The van der Waals surface area contributed by atoms with Gasteiger partial charge in [-0.2, -0.15) is 0 Å². The Morgan fingerprint density at radius 3 is 2.62 bits per heavy atom. The van der Waals surface area contributed by atoms with E-state index in [1.807, 2.05) is 26.8 Å². The number of aromatic amines is 1. The van der Waals surface area contributed by atoms with Crippen LogP contribution in [0.2, 0.25) is 0 Å². The first-order chi connectivity index (χ1) is 9.81. The van der Waals surface area contributed by atoms with Gasteiger partial charge in [0, 0.05) is 25.2 Å². The molecule has 1 aromatic heterocycles. The Balaban J connectivity index is 1.95. The summed E-state index contributed by atoms with van der Waals surface area (Å²) >= 11 is 0. The minimum Gasteiger partial charge on any atom is -0.461 e. The molecular weight excluding hydrogens is 272 g/mol. The predicted molar refractivity (Wildman–Crippen MR) is 77.3 cm³/mol. The first-order valence-electron chi connectivity index (χ1n) is 7.14. The number of ether oxygens (including phenoxy) is 2. The zero-order valence-electron chi connectivity index (χ0n) is 12.9. The lowest BCUT2D eigenvalue weighted by Crippen LogP contribution is -2.50. The average Bonchev–Trinajstić information content (AvgIpc) is 2.73. The number of carbonyl (C=O) groups is 2. The maximum absolute atomic E-state index is 11.9. The van der Waals surface area contributed by atoms with Crippen LogP contribution in [0, 0.1) is 0 Å². The van der Waals surface area contributed by atoms with Crippen LogP contribution in [0.3, 0.4) is 0 Å². The lowest BCUT2D eigenvalue weighted by molar-refractivity contribution is 0.00812. The summed E-state index contributed by atoms with van der Waals surface area (Å²) in [4.78, 5) is 28.2. The van der Waals surface area contributed by atoms with Gasteiger partial charge in [0.25, 0.3) is 0 Å². The Labute approximate surface area is 124 Å². The molecule has 0 atom stereocenters. The van der Waals surface area contributed by atoms with Crippen molar-refractivity contribution < 1.29 is 19.1 Å². The average molecular weight is 294 g/mol. The highest BCUT2D eigenvalue weighted by Crippen LogP contribution is 2.30. The highest BCUT2D eigenvalue weighted by Gasteiger charge is 2.36. The summed E-state index contributed by atoms with van der Waals surface area (Å²) in [6, 6.07) is 1.86. The topological polar surface area (TPSA) is 71.6 Å². The molecule has 2 heterocycles. The minimum atomic E-state index is -0.494. The number of aromatic nitrogens is 1. The van der Waals surface area contributed by atoms with E-state index in [-0.39, 0.29) is 18.0 Å². The van der Waals surface area contributed by atoms with Crippen LogP contribution in [0.4, 0.5) is 4.79 Å². The van der Waals surface area contributed by atoms with Crippen LogP contribution in [-0.4, -0.2) is 47.2 Å². The number of H-pyrrole nitrogens is 1. The number of nitrogens with zero attached hydrogens (tertiary/aromatic N) is 1. The predicted octanol–water partition coefficient (Wildman–Crippen LogP) is 2.53. The molecule has 0 bridgehead atoms. The van der Waals surface area contributed by atoms with Crippen molar-refractivity contribution in [1.29, 1.82) is 0 Å². The quantitative estimate of drug-likeness (QED) is 0.870. The van der Waals surface area contributed by atoms with E-state index in [0.29, 0.717) is 25.4 Å². The van der Waals surface area contributed by atoms with Crippen molar-refractivity contribution in [2.45, 2.75) is 39.2 Å². The molecule has 1 aliphatic heterocycles. The zero-order valence-corrected chi connectivity index (χ0v) is 12.9. The Morgan fingerprint density at radius 2 is 2.05 bits per heavy atom. The Bertz CT molecular complexity index is 524. The molecule has 0 radical (unpaired) electrons. The fraction of sp³-hybridized carbons (Fsp3) is 0.600. The second-order valence-electron chi connectivity index (χ2n) is 6.11. The van der Waals surface area contributed by atoms with Crippen LogP contribution < -0.4 is 0 Å². The van der Waals surface area contributed by atoms with Crippen LogP contribution in [0.5, 0.6) is 0 Å². The van der Waals surface area contributed by atoms with Crippen molar-refractivity contribution in [3.8, 4) is 0 Å². The van der Waals surface area contributed by atoms with Gasteiger partial charge in [-0.05, 0) is 39.3 Å². The lowest BCUT2D eigenvalue weighted by atomic mass is 9.92. The molecule has 1 amide bonds. The van der Waals surface area contributed by atoms with Crippen molar-refractivity contribution in [1.82, 2.24) is 9.88 Å². The summed E-state index contributed by atoms with van der Waals surface area (Å²) in [5, 5.41) is 0. The number of hydrogen-bond donors (Lipinski definition) is 1. The van der Waals surface area contributed by atoms with Crippen LogP contribution >= 0.6 is 0 Å². The summed E-state index contributed by atoms with van der Waals surface area (Å²) in [6.45, 7) is 8.74. The smallest absolute Gasteiger partial charge is 0.410 e. The third kappa shape index (κ3) is 3.56. The number of rotatable bonds is 3. The summed E-state index contributed by atoms with van der Waals surface area (Å²) in [7, 11) is 0. The molecule has 0 spiro atoms. The van der Waals surface area contributed by atoms with Crippen LogP contribution in [0.1, 0.15) is 49.7 Å². The summed E-state index contributed by atoms with van der Waals surface area (Å²) in [5.74, 6) is -0.212. The van der Waals surface area contributed by atoms with Gasteiger partial charge in [0.2, 0.25) is 0 Å². The molecule has 21 heavy (non-hydrogen) atoms. The van der Waals surface area contributed by atoms with E-state index < -0.39 is 5.60 Å². The molecule has 116 valence electrons. The lowest BCUT2D eigenvalue weighted by Gasteiger charge is -2.39. The fourth-order valence-electron chi connectivity index (χ4n) is 2.25. The SMILES string of the molecule is CCOC(=O)c1[nH]ccc1C1CN(C(=O)OC(C)(C)C)C1. The van der Waals surface area contributed by atoms with Gasteiger partial charge in [-0.15, -0.1) is 0 Å². The summed E-state index contributed by atoms with van der Waals surface area (Å²) in [5.41, 5.74) is 0.880. The minimum absolute atomic E-state index is 0.142. The molecule has 1 N–H and O–H groups in total. The van der Waals surface area contributed by atoms with Crippen molar-refractivity contribution >= 4 is 12.1 Å². The number of carbonyl (C=O) groups excluding carboxylic acids is 2. The van der Waals surface area contributed by atoms with Gasteiger partial charge in [-0.3, -0.25) is 0 Å². The molecule has 0 aliphatic carbocycles. The third-order valence-electron chi connectivity index (χ3n) is 3.23. The van der Waals surface area contributed by atoms with E-state index >= 15 is 0 Å². The van der Waals surface area contributed by atoms with Crippen molar-refractivity contribution in [2.24, 2.45) is 0 Å². The van der Waals surface area contributed by atoms with Crippen LogP contribution in [0.25, 0.3) is 0 Å². The zero-order chi connectivity index (χ0) is 15.6. The Kier molecular flexibility index (Phi) is 4.25. The van der Waals surface area contributed by atoms with E-state index in [4.69, 9.17) is 9.47 Å². The normalized spacial score (nSPS) is 15.5. The van der Waals surface area contributed by atoms with E-state index in [1.165, 1.54) is 0 Å². The number of esters is 1. The molecule has 2 rings (SSSR count). The molecule has 6 heteroatoms. The highest BCUT2D eigenvalue weighted by molar-refractivity contribution is 5.89. The molecule has 1 aromatic rings. The van der Waals surface area contributed by atoms with Gasteiger partial charge < -0.3 is 19.4 Å². The Morgan fingerprint density at radius 1 is 1.38 bits per heavy atom. The number of likely N-dealkylation sites (tertiary alicyclic amines) is 1. The van der Waals surface area contributed by atoms with Crippen molar-refractivity contribution in [2.75, 3.05) is 19.7 Å². The highest BCUT2D eigenvalue weighted by atomic mass is 16.6. The number of nitrogens with one attached hydrogen (secondary N) is 1. The molecule has 1 fully saturated rings. The van der Waals surface area contributed by atoms with E-state index in [9.17, 15) is 9.59 Å². The largest absolute Gasteiger partial charge is 0.461 e. The van der Waals surface area contributed by atoms with Crippen LogP contribution in [-0.2, 0) is 9.47 Å². The molecule has 0 aromatic carbocycles. The Hall–Kier alpha value is -1.98. The van der Waals surface area contributed by atoms with Gasteiger partial charge in [-0.1, -0.05) is 0 Å². The molecule has 1 saturated heterocycles. The molecule has 6 nitrogen and oxygen atoms in total. The fourth-order valence-corrected chi connectivity index (χ4v) is 2.25. The van der Waals surface area contributed by atoms with Gasteiger partial charge in [0.1, 0.15) is 11.3 Å². The second-order valence-corrected chi connectivity index (χ2v) is 6.11. The number of amides is 1. The van der Waals surface area contributed by atoms with Gasteiger partial charge in [-0.25, -0.2) is 9.59 Å². The maximum Gasteiger partial charge on any atom is 0.410 e. The van der Waals surface area contributed by atoms with E-state index in [2.05, 4.69) is 4.98 Å². The molecule has 0 saturated carbocycles. The van der Waals surface area contributed by atoms with Gasteiger partial charge >= 0.3 is 12.1 Å². The van der Waals surface area contributed by atoms with Gasteiger partial charge in [0.05, 0.1) is 6.61 Å². The van der Waals surface area contributed by atoms with Gasteiger partial charge in [0.15, 0.2) is 0 Å². The molecular formula is C15H22N2O4. The molecule has 0 unspecified atom stereocenters. The van der Waals surface area contributed by atoms with Crippen molar-refractivity contribution in [3.63, 3.8) is 0 Å². The van der Waals surface area contributed by atoms with Crippen molar-refractivity contribution in [3.05, 3.63) is 23.5 Å². The van der Waals surface area contributed by atoms with E-state index in [1.54, 1.807) is 18.0 Å². The van der Waals surface area contributed by atoms with Crippen LogP contribution in [0.15, 0.2) is 12.3 Å². The number of hydrogen-bond acceptors (Lipinski definition) is 4. The second kappa shape index (κ2) is 5.79. The first-order valence-corrected chi connectivity index (χ1v) is 7.14. The monoisotopic (exact) mass is 294 g/mol. The van der Waals surface area contributed by atoms with E-state index in [0.717, 1.165) is 5.56 Å². The summed E-state index contributed by atoms with van der Waals surface area (Å²) < 4.78 is 10.3. The molecule has 1 aliphatic rings. The first kappa shape index (κ1) is 15.4. The summed E-state index contributed by atoms with van der Waals surface area (Å²) in [6.07, 6.45) is 1.41.